The van der Waals surface area contributed by atoms with Crippen molar-refractivity contribution < 1.29 is 28.6 Å². The Bertz CT molecular complexity index is 508. The van der Waals surface area contributed by atoms with Gasteiger partial charge in [-0.2, -0.15) is 0 Å². The molecule has 0 aliphatic carbocycles. The van der Waals surface area contributed by atoms with E-state index in [1.54, 1.807) is 13.8 Å². The summed E-state index contributed by atoms with van der Waals surface area (Å²) < 4.78 is 26.2. The number of phenols is 1. The number of aromatic hydroxyl groups is 1. The molecule has 0 fully saturated rings. The molecule has 0 spiro atoms. The van der Waals surface area contributed by atoms with Gasteiger partial charge in [-0.05, 0) is 24.5 Å². The first-order chi connectivity index (χ1) is 9.22. The van der Waals surface area contributed by atoms with E-state index in [2.05, 4.69) is 5.32 Å². The Kier molecular flexibility index (Phi) is 5.01. The van der Waals surface area contributed by atoms with E-state index in [-0.39, 0.29) is 12.3 Å². The molecule has 0 saturated heterocycles. The lowest BCUT2D eigenvalue weighted by Crippen LogP contribution is -2.41. The number of hydrogen-bond acceptors (Lipinski definition) is 3. The Morgan fingerprint density at radius 3 is 2.15 bits per heavy atom. The first kappa shape index (κ1) is 15.9. The topological polar surface area (TPSA) is 86.6 Å². The third-order valence-corrected chi connectivity index (χ3v) is 2.59. The van der Waals surface area contributed by atoms with Gasteiger partial charge < -0.3 is 15.5 Å². The number of phenolic OH excluding ortho intramolecular Hbond substituents is 1. The molecule has 1 amide bonds. The van der Waals surface area contributed by atoms with Crippen molar-refractivity contribution in [3.8, 4) is 5.75 Å². The van der Waals surface area contributed by atoms with Crippen LogP contribution < -0.4 is 5.32 Å². The van der Waals surface area contributed by atoms with Gasteiger partial charge in [-0.15, -0.1) is 0 Å². The first-order valence-corrected chi connectivity index (χ1v) is 5.94. The highest BCUT2D eigenvalue weighted by Gasteiger charge is 2.23. The number of carbonyl (C=O) groups excluding carboxylic acids is 1. The Morgan fingerprint density at radius 2 is 1.75 bits per heavy atom. The highest BCUT2D eigenvalue weighted by atomic mass is 19.1. The Morgan fingerprint density at radius 1 is 1.25 bits per heavy atom. The molecular weight excluding hydrogens is 272 g/mol. The maximum atomic E-state index is 13.1. The second-order valence-electron chi connectivity index (χ2n) is 4.78. The van der Waals surface area contributed by atoms with Crippen LogP contribution in [0.4, 0.5) is 8.78 Å². The fourth-order valence-corrected chi connectivity index (χ4v) is 1.63. The monoisotopic (exact) mass is 287 g/mol. The normalized spacial score (nSPS) is 12.2. The fraction of sp³-hybridized carbons (Fsp3) is 0.385. The lowest BCUT2D eigenvalue weighted by atomic mass is 10.0. The van der Waals surface area contributed by atoms with E-state index in [4.69, 9.17) is 10.2 Å². The van der Waals surface area contributed by atoms with E-state index in [1.807, 2.05) is 0 Å². The van der Waals surface area contributed by atoms with Gasteiger partial charge in [0, 0.05) is 5.56 Å². The third kappa shape index (κ3) is 3.91. The molecule has 1 atom stereocenters. The summed E-state index contributed by atoms with van der Waals surface area (Å²) in [5.41, 5.74) is -0.396. The molecule has 0 saturated carbocycles. The van der Waals surface area contributed by atoms with E-state index in [1.165, 1.54) is 0 Å². The average molecular weight is 287 g/mol. The summed E-state index contributed by atoms with van der Waals surface area (Å²) >= 11 is 0. The van der Waals surface area contributed by atoms with Crippen LogP contribution in [0.1, 0.15) is 30.6 Å². The molecule has 1 aromatic carbocycles. The van der Waals surface area contributed by atoms with Gasteiger partial charge in [-0.25, -0.2) is 13.6 Å². The molecule has 0 radical (unpaired) electrons. The molecule has 0 bridgehead atoms. The third-order valence-electron chi connectivity index (χ3n) is 2.59. The van der Waals surface area contributed by atoms with Crippen LogP contribution in [0.15, 0.2) is 12.1 Å². The number of hydrogen-bond donors (Lipinski definition) is 3. The van der Waals surface area contributed by atoms with Gasteiger partial charge in [0.25, 0.3) is 5.91 Å². The molecule has 0 heterocycles. The van der Waals surface area contributed by atoms with Gasteiger partial charge in [0.05, 0.1) is 0 Å². The van der Waals surface area contributed by atoms with Crippen molar-refractivity contribution in [3.63, 3.8) is 0 Å². The number of carboxylic acid groups (broad SMARTS) is 1. The van der Waals surface area contributed by atoms with E-state index in [0.717, 1.165) is 0 Å². The number of nitrogens with one attached hydrogen (secondary N) is 1. The molecule has 1 rings (SSSR count). The van der Waals surface area contributed by atoms with Crippen molar-refractivity contribution in [1.29, 1.82) is 0 Å². The minimum absolute atomic E-state index is 0.0182. The van der Waals surface area contributed by atoms with Crippen molar-refractivity contribution in [2.45, 2.75) is 26.3 Å². The fourth-order valence-electron chi connectivity index (χ4n) is 1.63. The summed E-state index contributed by atoms with van der Waals surface area (Å²) in [6, 6.07) is 0.131. The lowest BCUT2D eigenvalue weighted by Gasteiger charge is -2.16. The summed E-state index contributed by atoms with van der Waals surface area (Å²) in [6.45, 7) is 3.56. The van der Waals surface area contributed by atoms with Crippen molar-refractivity contribution in [2.75, 3.05) is 0 Å². The predicted molar refractivity (Wildman–Crippen MR) is 66.4 cm³/mol. The van der Waals surface area contributed by atoms with Crippen molar-refractivity contribution in [3.05, 3.63) is 29.3 Å². The second-order valence-corrected chi connectivity index (χ2v) is 4.78. The summed E-state index contributed by atoms with van der Waals surface area (Å²) in [7, 11) is 0. The number of amides is 1. The number of carboxylic acids is 1. The molecule has 1 unspecified atom stereocenters. The van der Waals surface area contributed by atoms with Gasteiger partial charge >= 0.3 is 5.97 Å². The van der Waals surface area contributed by atoms with E-state index in [0.29, 0.717) is 12.1 Å². The Labute approximate surface area is 114 Å². The van der Waals surface area contributed by atoms with Crippen LogP contribution >= 0.6 is 0 Å². The zero-order chi connectivity index (χ0) is 15.4. The van der Waals surface area contributed by atoms with Gasteiger partial charge in [-0.3, -0.25) is 4.79 Å². The molecule has 20 heavy (non-hydrogen) atoms. The molecule has 7 heteroatoms. The van der Waals surface area contributed by atoms with Crippen molar-refractivity contribution >= 4 is 11.9 Å². The van der Waals surface area contributed by atoms with E-state index < -0.39 is 40.9 Å². The number of rotatable bonds is 5. The summed E-state index contributed by atoms with van der Waals surface area (Å²) in [6.07, 6.45) is 0.185. The van der Waals surface area contributed by atoms with Crippen molar-refractivity contribution in [2.24, 2.45) is 5.92 Å². The zero-order valence-corrected chi connectivity index (χ0v) is 11.0. The van der Waals surface area contributed by atoms with Gasteiger partial charge in [0.15, 0.2) is 17.4 Å². The smallest absolute Gasteiger partial charge is 0.326 e. The molecule has 3 N–H and O–H groups in total. The van der Waals surface area contributed by atoms with Crippen LogP contribution in [0, 0.1) is 17.6 Å². The summed E-state index contributed by atoms with van der Waals surface area (Å²) in [5, 5.41) is 20.1. The second kappa shape index (κ2) is 6.31. The van der Waals surface area contributed by atoms with Crippen LogP contribution in [0.5, 0.6) is 5.75 Å². The summed E-state index contributed by atoms with van der Waals surface area (Å²) in [4.78, 5) is 22.8. The van der Waals surface area contributed by atoms with Crippen LogP contribution in [-0.4, -0.2) is 28.1 Å². The molecule has 110 valence electrons. The molecular formula is C13H15F2NO4. The van der Waals surface area contributed by atoms with Gasteiger partial charge in [-0.1, -0.05) is 13.8 Å². The standard InChI is InChI=1S/C13H15F2NO4/c1-6(2)3-10(13(19)20)16-12(18)7-4-8(14)11(17)9(15)5-7/h4-6,10,17H,3H2,1-2H3,(H,16,18)(H,19,20). The van der Waals surface area contributed by atoms with Crippen LogP contribution in [0.25, 0.3) is 0 Å². The number of halogens is 2. The van der Waals surface area contributed by atoms with E-state index in [9.17, 15) is 18.4 Å². The maximum absolute atomic E-state index is 13.1. The summed E-state index contributed by atoms with van der Waals surface area (Å²) in [5.74, 6) is -5.89. The minimum Gasteiger partial charge on any atom is -0.503 e. The Balaban J connectivity index is 2.92. The molecule has 0 aromatic heterocycles. The number of aliphatic carboxylic acids is 1. The highest BCUT2D eigenvalue weighted by Crippen LogP contribution is 2.21. The predicted octanol–water partition coefficient (Wildman–Crippen LogP) is 1.90. The molecule has 1 aromatic rings. The van der Waals surface area contributed by atoms with Crippen LogP contribution in [0.3, 0.4) is 0 Å². The quantitative estimate of drug-likeness (QED) is 0.772. The van der Waals surface area contributed by atoms with Crippen LogP contribution in [0.2, 0.25) is 0 Å². The van der Waals surface area contributed by atoms with Gasteiger partial charge in [0.1, 0.15) is 6.04 Å². The molecule has 5 nitrogen and oxygen atoms in total. The van der Waals surface area contributed by atoms with Crippen LogP contribution in [-0.2, 0) is 4.79 Å². The number of benzene rings is 1. The van der Waals surface area contributed by atoms with Crippen molar-refractivity contribution in [1.82, 2.24) is 5.32 Å². The van der Waals surface area contributed by atoms with E-state index >= 15 is 0 Å². The Hall–Kier alpha value is -2.18. The maximum Gasteiger partial charge on any atom is 0.326 e. The largest absolute Gasteiger partial charge is 0.503 e. The average Bonchev–Trinajstić information content (AvgIpc) is 2.33. The number of carbonyl (C=O) groups is 2. The minimum atomic E-state index is -1.29. The SMILES string of the molecule is CC(C)CC(NC(=O)c1cc(F)c(O)c(F)c1)C(=O)O. The van der Waals surface area contributed by atoms with Gasteiger partial charge in [0.2, 0.25) is 0 Å². The zero-order valence-electron chi connectivity index (χ0n) is 11.0. The molecule has 0 aliphatic rings. The highest BCUT2D eigenvalue weighted by molar-refractivity contribution is 5.96. The first-order valence-electron chi connectivity index (χ1n) is 5.94. The molecule has 0 aliphatic heterocycles. The lowest BCUT2D eigenvalue weighted by molar-refractivity contribution is -0.139.